The summed E-state index contributed by atoms with van der Waals surface area (Å²) in [7, 11) is 0.833. The van der Waals surface area contributed by atoms with E-state index in [9.17, 15) is 27.6 Å². The fourth-order valence-electron chi connectivity index (χ4n) is 1.05. The first-order chi connectivity index (χ1) is 8.25. The zero-order valence-corrected chi connectivity index (χ0v) is 9.54. The van der Waals surface area contributed by atoms with Crippen LogP contribution >= 0.6 is 0 Å². The molecule has 1 unspecified atom stereocenters. The summed E-state index contributed by atoms with van der Waals surface area (Å²) in [6.07, 6.45) is -6.14. The van der Waals surface area contributed by atoms with Crippen LogP contribution in [-0.2, 0) is 23.9 Å². The Bertz CT molecular complexity index is 375. The molecule has 6 nitrogen and oxygen atoms in total. The highest BCUT2D eigenvalue weighted by atomic mass is 19.4. The molecule has 102 valence electrons. The normalized spacial score (nSPS) is 14.1. The summed E-state index contributed by atoms with van der Waals surface area (Å²) in [6, 6.07) is 0. The number of ether oxygens (including phenoxy) is 2. The van der Waals surface area contributed by atoms with Gasteiger partial charge in [0.25, 0.3) is 5.54 Å². The maximum Gasteiger partial charge on any atom is 0.425 e. The maximum absolute atomic E-state index is 12.9. The lowest BCUT2D eigenvalue weighted by Crippen LogP contribution is -2.53. The van der Waals surface area contributed by atoms with Crippen molar-refractivity contribution in [2.24, 2.45) is 4.99 Å². The fraction of sp³-hybridized carbons (Fsp3) is 0.667. The van der Waals surface area contributed by atoms with Crippen LogP contribution in [0.5, 0.6) is 0 Å². The Morgan fingerprint density at radius 3 is 2.22 bits per heavy atom. The summed E-state index contributed by atoms with van der Waals surface area (Å²) in [5, 5.41) is 0. The molecule has 0 bridgehead atoms. The monoisotopic (exact) mass is 269 g/mol. The molecular formula is C9H10F3NO5. The number of nitrogens with zero attached hydrogens (tertiary/aromatic N) is 1. The van der Waals surface area contributed by atoms with Crippen LogP contribution < -0.4 is 0 Å². The highest BCUT2D eigenvalue weighted by molar-refractivity contribution is 5.89. The van der Waals surface area contributed by atoms with Gasteiger partial charge in [0.15, 0.2) is 0 Å². The molecule has 1 atom stereocenters. The van der Waals surface area contributed by atoms with Crippen LogP contribution in [0, 0.1) is 0 Å². The second kappa shape index (κ2) is 6.15. The molecule has 0 saturated carbocycles. The van der Waals surface area contributed by atoms with E-state index >= 15 is 0 Å². The number of isocyanates is 1. The van der Waals surface area contributed by atoms with Crippen LogP contribution in [0.1, 0.15) is 13.3 Å². The minimum Gasteiger partial charge on any atom is -0.469 e. The van der Waals surface area contributed by atoms with Crippen molar-refractivity contribution in [3.05, 3.63) is 0 Å². The van der Waals surface area contributed by atoms with Crippen molar-refractivity contribution in [2.75, 3.05) is 13.7 Å². The Morgan fingerprint density at radius 2 is 1.89 bits per heavy atom. The van der Waals surface area contributed by atoms with Crippen molar-refractivity contribution in [3.63, 3.8) is 0 Å². The number of esters is 2. The SMILES string of the molecule is CCOC(=O)C(CC(=O)OC)(N=C=O)C(F)(F)F. The van der Waals surface area contributed by atoms with Crippen molar-refractivity contribution in [2.45, 2.75) is 25.1 Å². The Kier molecular flexibility index (Phi) is 5.51. The molecule has 0 rings (SSSR count). The predicted molar refractivity (Wildman–Crippen MR) is 50.2 cm³/mol. The summed E-state index contributed by atoms with van der Waals surface area (Å²) in [6.45, 7) is 0.897. The van der Waals surface area contributed by atoms with Gasteiger partial charge in [0.1, 0.15) is 0 Å². The number of carbonyl (C=O) groups excluding carboxylic acids is 3. The van der Waals surface area contributed by atoms with Crippen molar-refractivity contribution in [1.29, 1.82) is 0 Å². The van der Waals surface area contributed by atoms with Gasteiger partial charge < -0.3 is 9.47 Å². The standard InChI is InChI=1S/C9H10F3NO5/c1-3-18-7(16)8(13-5-14,9(10,11)12)4-6(15)17-2/h3-4H2,1-2H3. The number of aliphatic imine (C=N–C) groups is 1. The molecular weight excluding hydrogens is 259 g/mol. The third-order valence-electron chi connectivity index (χ3n) is 1.95. The molecule has 0 fully saturated rings. The molecule has 0 radical (unpaired) electrons. The molecule has 18 heavy (non-hydrogen) atoms. The molecule has 0 heterocycles. The summed E-state index contributed by atoms with van der Waals surface area (Å²) in [4.78, 5) is 34.8. The zero-order valence-electron chi connectivity index (χ0n) is 9.54. The lowest BCUT2D eigenvalue weighted by Gasteiger charge is -2.26. The average Bonchev–Trinajstić information content (AvgIpc) is 2.26. The molecule has 9 heteroatoms. The Hall–Kier alpha value is -1.89. The molecule has 0 amide bonds. The second-order valence-corrected chi connectivity index (χ2v) is 3.03. The molecule has 0 aliphatic rings. The lowest BCUT2D eigenvalue weighted by molar-refractivity contribution is -0.209. The molecule has 0 aromatic carbocycles. The molecule has 0 aliphatic carbocycles. The van der Waals surface area contributed by atoms with Crippen LogP contribution in [0.3, 0.4) is 0 Å². The highest BCUT2D eigenvalue weighted by Crippen LogP contribution is 2.38. The van der Waals surface area contributed by atoms with E-state index in [1.54, 1.807) is 0 Å². The Balaban J connectivity index is 5.65. The molecule has 0 aromatic heterocycles. The first-order valence-electron chi connectivity index (χ1n) is 4.65. The Labute approximate surface area is 99.8 Å². The van der Waals surface area contributed by atoms with Gasteiger partial charge >= 0.3 is 18.1 Å². The van der Waals surface area contributed by atoms with E-state index in [2.05, 4.69) is 14.5 Å². The number of alkyl halides is 3. The molecule has 0 aliphatic heterocycles. The van der Waals surface area contributed by atoms with E-state index in [-0.39, 0.29) is 6.61 Å². The first kappa shape index (κ1) is 16.1. The second-order valence-electron chi connectivity index (χ2n) is 3.03. The minimum atomic E-state index is -5.29. The number of carbonyl (C=O) groups is 2. The number of rotatable bonds is 5. The van der Waals surface area contributed by atoms with E-state index in [0.29, 0.717) is 6.08 Å². The summed E-state index contributed by atoms with van der Waals surface area (Å²) < 4.78 is 46.8. The lowest BCUT2D eigenvalue weighted by atomic mass is 9.95. The van der Waals surface area contributed by atoms with Crippen LogP contribution in [0.2, 0.25) is 0 Å². The van der Waals surface area contributed by atoms with Crippen LogP contribution in [0.15, 0.2) is 4.99 Å². The molecule has 0 N–H and O–H groups in total. The third-order valence-corrected chi connectivity index (χ3v) is 1.95. The summed E-state index contributed by atoms with van der Waals surface area (Å²) >= 11 is 0. The maximum atomic E-state index is 12.9. The van der Waals surface area contributed by atoms with Crippen molar-refractivity contribution < 1.29 is 37.0 Å². The van der Waals surface area contributed by atoms with E-state index in [4.69, 9.17) is 0 Å². The van der Waals surface area contributed by atoms with Gasteiger partial charge in [-0.05, 0) is 6.92 Å². The van der Waals surface area contributed by atoms with Gasteiger partial charge in [0.2, 0.25) is 6.08 Å². The van der Waals surface area contributed by atoms with Crippen LogP contribution in [0.25, 0.3) is 0 Å². The fourth-order valence-corrected chi connectivity index (χ4v) is 1.05. The third kappa shape index (κ3) is 3.30. The number of hydrogen-bond donors (Lipinski definition) is 0. The van der Waals surface area contributed by atoms with Gasteiger partial charge in [-0.25, -0.2) is 9.59 Å². The number of methoxy groups -OCH3 is 1. The smallest absolute Gasteiger partial charge is 0.425 e. The van der Waals surface area contributed by atoms with Gasteiger partial charge in [-0.3, -0.25) is 4.79 Å². The predicted octanol–water partition coefficient (Wildman–Crippen LogP) is 0.750. The van der Waals surface area contributed by atoms with E-state index in [1.807, 2.05) is 0 Å². The Morgan fingerprint density at radius 1 is 1.33 bits per heavy atom. The molecule has 0 spiro atoms. The van der Waals surface area contributed by atoms with Crippen molar-refractivity contribution in [1.82, 2.24) is 0 Å². The van der Waals surface area contributed by atoms with Gasteiger partial charge in [-0.2, -0.15) is 18.2 Å². The molecule has 0 aromatic rings. The quantitative estimate of drug-likeness (QED) is 0.418. The van der Waals surface area contributed by atoms with E-state index in [0.717, 1.165) is 7.11 Å². The summed E-state index contributed by atoms with van der Waals surface area (Å²) in [5.41, 5.74) is -3.61. The van der Waals surface area contributed by atoms with Crippen molar-refractivity contribution in [3.8, 4) is 0 Å². The first-order valence-corrected chi connectivity index (χ1v) is 4.65. The molecule has 0 saturated heterocycles. The van der Waals surface area contributed by atoms with Gasteiger partial charge in [-0.1, -0.05) is 0 Å². The van der Waals surface area contributed by atoms with Gasteiger partial charge in [0, 0.05) is 0 Å². The average molecular weight is 269 g/mol. The van der Waals surface area contributed by atoms with Crippen molar-refractivity contribution >= 4 is 18.0 Å². The van der Waals surface area contributed by atoms with Gasteiger partial charge in [0.05, 0.1) is 20.1 Å². The van der Waals surface area contributed by atoms with Crippen LogP contribution in [-0.4, -0.2) is 43.5 Å². The largest absolute Gasteiger partial charge is 0.469 e. The number of hydrogen-bond acceptors (Lipinski definition) is 6. The van der Waals surface area contributed by atoms with E-state index < -0.39 is 30.1 Å². The zero-order chi connectivity index (χ0) is 14.4. The van der Waals surface area contributed by atoms with Crippen LogP contribution in [0.4, 0.5) is 13.2 Å². The minimum absolute atomic E-state index is 0.369. The van der Waals surface area contributed by atoms with Gasteiger partial charge in [-0.15, -0.1) is 0 Å². The topological polar surface area (TPSA) is 82.0 Å². The van der Waals surface area contributed by atoms with E-state index in [1.165, 1.54) is 6.92 Å². The highest BCUT2D eigenvalue weighted by Gasteiger charge is 2.64. The summed E-state index contributed by atoms with van der Waals surface area (Å²) in [5.74, 6) is -3.22. The number of halogens is 3.